The van der Waals surface area contributed by atoms with Crippen molar-refractivity contribution < 1.29 is 9.90 Å². The minimum atomic E-state index is -0.753. The van der Waals surface area contributed by atoms with E-state index in [0.29, 0.717) is 23.0 Å². The van der Waals surface area contributed by atoms with Gasteiger partial charge in [-0.1, -0.05) is 38.3 Å². The van der Waals surface area contributed by atoms with E-state index in [1.807, 2.05) is 13.8 Å². The molecule has 0 bridgehead atoms. The molecular formula is C15H24ClN3O2. The number of carbonyl (C=O) groups excluding carboxylic acids is 1. The van der Waals surface area contributed by atoms with E-state index < -0.39 is 5.60 Å². The molecular weight excluding hydrogens is 290 g/mol. The molecule has 1 aliphatic carbocycles. The average molecular weight is 314 g/mol. The Morgan fingerprint density at radius 1 is 1.48 bits per heavy atom. The van der Waals surface area contributed by atoms with Crippen LogP contribution in [0.4, 0.5) is 0 Å². The Bertz CT molecular complexity index is 533. The molecule has 21 heavy (non-hydrogen) atoms. The Kier molecular flexibility index (Phi) is 4.63. The molecule has 0 radical (unpaired) electrons. The van der Waals surface area contributed by atoms with Crippen molar-refractivity contribution >= 4 is 17.5 Å². The number of carbonyl (C=O) groups is 1. The van der Waals surface area contributed by atoms with Crippen LogP contribution in [0, 0.1) is 0 Å². The fourth-order valence-corrected chi connectivity index (χ4v) is 3.24. The van der Waals surface area contributed by atoms with Crippen LogP contribution in [0.3, 0.4) is 0 Å². The van der Waals surface area contributed by atoms with Crippen molar-refractivity contribution in [2.24, 2.45) is 7.05 Å². The molecule has 6 heteroatoms. The van der Waals surface area contributed by atoms with E-state index in [2.05, 4.69) is 5.10 Å². The first-order chi connectivity index (χ1) is 9.75. The van der Waals surface area contributed by atoms with Crippen LogP contribution >= 0.6 is 11.6 Å². The third kappa shape index (κ3) is 3.24. The standard InChI is InChI=1S/C15H24ClN3O2/c1-10(2)12-11(13(16)19(4)17-12)14(20)18(3)9-15(21)7-5-6-8-15/h10,21H,5-9H2,1-4H3. The Hall–Kier alpha value is -1.07. The quantitative estimate of drug-likeness (QED) is 0.929. The first-order valence-electron chi connectivity index (χ1n) is 7.45. The molecule has 0 unspecified atom stereocenters. The van der Waals surface area contributed by atoms with Gasteiger partial charge in [-0.05, 0) is 18.8 Å². The molecule has 1 aromatic rings. The minimum Gasteiger partial charge on any atom is -0.388 e. The lowest BCUT2D eigenvalue weighted by Gasteiger charge is -2.28. The van der Waals surface area contributed by atoms with Crippen LogP contribution in [0.1, 0.15) is 61.5 Å². The summed E-state index contributed by atoms with van der Waals surface area (Å²) in [4.78, 5) is 14.3. The van der Waals surface area contributed by atoms with E-state index in [9.17, 15) is 9.90 Å². The fraction of sp³-hybridized carbons (Fsp3) is 0.733. The minimum absolute atomic E-state index is 0.116. The molecule has 1 N–H and O–H groups in total. The number of aromatic nitrogens is 2. The number of hydrogen-bond acceptors (Lipinski definition) is 3. The smallest absolute Gasteiger partial charge is 0.258 e. The van der Waals surface area contributed by atoms with Crippen LogP contribution in [0.15, 0.2) is 0 Å². The van der Waals surface area contributed by atoms with Crippen molar-refractivity contribution in [2.75, 3.05) is 13.6 Å². The zero-order valence-electron chi connectivity index (χ0n) is 13.2. The second-order valence-electron chi connectivity index (χ2n) is 6.42. The van der Waals surface area contributed by atoms with Crippen LogP contribution in [0.5, 0.6) is 0 Å². The topological polar surface area (TPSA) is 58.4 Å². The van der Waals surface area contributed by atoms with Gasteiger partial charge in [0, 0.05) is 20.6 Å². The molecule has 0 aromatic carbocycles. The molecule has 1 fully saturated rings. The van der Waals surface area contributed by atoms with Gasteiger partial charge in [-0.15, -0.1) is 0 Å². The summed E-state index contributed by atoms with van der Waals surface area (Å²) in [6, 6.07) is 0. The highest BCUT2D eigenvalue weighted by Gasteiger charge is 2.35. The molecule has 1 aliphatic rings. The Morgan fingerprint density at radius 2 is 2.05 bits per heavy atom. The molecule has 1 saturated carbocycles. The van der Waals surface area contributed by atoms with E-state index in [1.54, 1.807) is 19.0 Å². The number of halogens is 1. The second kappa shape index (κ2) is 5.97. The van der Waals surface area contributed by atoms with Gasteiger partial charge in [0.25, 0.3) is 5.91 Å². The Morgan fingerprint density at radius 3 is 2.57 bits per heavy atom. The largest absolute Gasteiger partial charge is 0.388 e. The van der Waals surface area contributed by atoms with Gasteiger partial charge in [-0.25, -0.2) is 0 Å². The van der Waals surface area contributed by atoms with Crippen molar-refractivity contribution in [1.29, 1.82) is 0 Å². The Labute approximate surface area is 130 Å². The highest BCUT2D eigenvalue weighted by molar-refractivity contribution is 6.33. The van der Waals surface area contributed by atoms with E-state index in [-0.39, 0.29) is 11.8 Å². The summed E-state index contributed by atoms with van der Waals surface area (Å²) in [6.07, 6.45) is 3.54. The predicted octanol–water partition coefficient (Wildman–Crippen LogP) is 2.57. The Balaban J connectivity index is 2.23. The van der Waals surface area contributed by atoms with Crippen LogP contribution in [-0.2, 0) is 7.05 Å². The zero-order chi connectivity index (χ0) is 15.8. The summed E-state index contributed by atoms with van der Waals surface area (Å²) in [5.41, 5.74) is 0.410. The first-order valence-corrected chi connectivity index (χ1v) is 7.83. The third-order valence-electron chi connectivity index (χ3n) is 4.18. The van der Waals surface area contributed by atoms with Gasteiger partial charge >= 0.3 is 0 Å². The highest BCUT2D eigenvalue weighted by atomic mass is 35.5. The average Bonchev–Trinajstić information content (AvgIpc) is 2.94. The fourth-order valence-electron chi connectivity index (χ4n) is 3.02. The van der Waals surface area contributed by atoms with Gasteiger partial charge in [0.2, 0.25) is 0 Å². The lowest BCUT2D eigenvalue weighted by atomic mass is 10.0. The summed E-state index contributed by atoms with van der Waals surface area (Å²) in [5, 5.41) is 15.2. The number of hydrogen-bond donors (Lipinski definition) is 1. The van der Waals surface area contributed by atoms with Crippen LogP contribution in [0.25, 0.3) is 0 Å². The molecule has 0 atom stereocenters. The second-order valence-corrected chi connectivity index (χ2v) is 6.78. The van der Waals surface area contributed by atoms with Crippen LogP contribution < -0.4 is 0 Å². The molecule has 118 valence electrons. The van der Waals surface area contributed by atoms with Crippen molar-refractivity contribution in [3.05, 3.63) is 16.4 Å². The maximum atomic E-state index is 12.7. The van der Waals surface area contributed by atoms with Crippen molar-refractivity contribution in [3.63, 3.8) is 0 Å². The SMILES string of the molecule is CC(C)c1nn(C)c(Cl)c1C(=O)N(C)CC1(O)CCCC1. The molecule has 1 amide bonds. The van der Waals surface area contributed by atoms with E-state index in [1.165, 1.54) is 4.68 Å². The summed E-state index contributed by atoms with van der Waals surface area (Å²) in [7, 11) is 3.45. The summed E-state index contributed by atoms with van der Waals surface area (Å²) < 4.78 is 1.53. The molecule has 0 aliphatic heterocycles. The lowest BCUT2D eigenvalue weighted by molar-refractivity contribution is 0.0156. The van der Waals surface area contributed by atoms with Crippen LogP contribution in [-0.4, -0.2) is 44.9 Å². The number of amides is 1. The van der Waals surface area contributed by atoms with Gasteiger partial charge in [0.1, 0.15) is 5.15 Å². The summed E-state index contributed by atoms with van der Waals surface area (Å²) in [6.45, 7) is 4.31. The molecule has 5 nitrogen and oxygen atoms in total. The van der Waals surface area contributed by atoms with Crippen molar-refractivity contribution in [2.45, 2.75) is 51.0 Å². The van der Waals surface area contributed by atoms with Gasteiger partial charge in [0.05, 0.1) is 16.9 Å². The number of aliphatic hydroxyl groups is 1. The lowest BCUT2D eigenvalue weighted by Crippen LogP contribution is -2.42. The molecule has 1 aromatic heterocycles. The number of nitrogens with zero attached hydrogens (tertiary/aromatic N) is 3. The van der Waals surface area contributed by atoms with Gasteiger partial charge in [-0.2, -0.15) is 5.10 Å². The number of aryl methyl sites for hydroxylation is 1. The van der Waals surface area contributed by atoms with Gasteiger partial charge < -0.3 is 10.0 Å². The molecule has 0 spiro atoms. The number of likely N-dealkylation sites (N-methyl/N-ethyl adjacent to an activating group) is 1. The monoisotopic (exact) mass is 313 g/mol. The maximum Gasteiger partial charge on any atom is 0.258 e. The van der Waals surface area contributed by atoms with Crippen molar-refractivity contribution in [1.82, 2.24) is 14.7 Å². The normalized spacial score (nSPS) is 17.5. The van der Waals surface area contributed by atoms with E-state index in [4.69, 9.17) is 11.6 Å². The van der Waals surface area contributed by atoms with E-state index in [0.717, 1.165) is 25.7 Å². The van der Waals surface area contributed by atoms with Gasteiger partial charge in [0.15, 0.2) is 0 Å². The predicted molar refractivity (Wildman–Crippen MR) is 82.7 cm³/mol. The summed E-state index contributed by atoms with van der Waals surface area (Å²) >= 11 is 6.24. The van der Waals surface area contributed by atoms with Crippen molar-refractivity contribution in [3.8, 4) is 0 Å². The van der Waals surface area contributed by atoms with E-state index >= 15 is 0 Å². The zero-order valence-corrected chi connectivity index (χ0v) is 13.9. The first kappa shape index (κ1) is 16.3. The van der Waals surface area contributed by atoms with Crippen LogP contribution in [0.2, 0.25) is 5.15 Å². The molecule has 1 heterocycles. The molecule has 2 rings (SSSR count). The maximum absolute atomic E-state index is 12.7. The summed E-state index contributed by atoms with van der Waals surface area (Å²) in [5.74, 6) is -0.0530. The third-order valence-corrected chi connectivity index (χ3v) is 4.61. The highest BCUT2D eigenvalue weighted by Crippen LogP contribution is 2.31. The van der Waals surface area contributed by atoms with Gasteiger partial charge in [-0.3, -0.25) is 9.48 Å². The number of rotatable bonds is 4. The molecule has 0 saturated heterocycles.